The van der Waals surface area contributed by atoms with Gasteiger partial charge in [-0.15, -0.1) is 0 Å². The maximum absolute atomic E-state index is 13.0. The summed E-state index contributed by atoms with van der Waals surface area (Å²) in [6, 6.07) is 22.1. The zero-order valence-electron chi connectivity index (χ0n) is 23.1. The van der Waals surface area contributed by atoms with Crippen LogP contribution in [0.3, 0.4) is 0 Å². The molecule has 8 nitrogen and oxygen atoms in total. The van der Waals surface area contributed by atoms with Gasteiger partial charge in [0.2, 0.25) is 0 Å². The van der Waals surface area contributed by atoms with Gasteiger partial charge in [0, 0.05) is 30.2 Å². The van der Waals surface area contributed by atoms with E-state index in [-0.39, 0.29) is 42.0 Å². The Labute approximate surface area is 251 Å². The summed E-state index contributed by atoms with van der Waals surface area (Å²) >= 11 is 0. The third kappa shape index (κ3) is 8.73. The molecule has 0 unspecified atom stereocenters. The molecular formula is C32H35N3NiO5. The van der Waals surface area contributed by atoms with Crippen LogP contribution in [-0.2, 0) is 21.3 Å². The number of carboxylic acid groups (broad SMARTS) is 1. The predicted molar refractivity (Wildman–Crippen MR) is 152 cm³/mol. The van der Waals surface area contributed by atoms with Gasteiger partial charge >= 0.3 is 16.5 Å². The number of hydrogen-bond donors (Lipinski definition) is 1. The third-order valence-electron chi connectivity index (χ3n) is 7.11. The van der Waals surface area contributed by atoms with Crippen molar-refractivity contribution in [3.05, 3.63) is 95.6 Å². The number of carboxylic acids is 1. The van der Waals surface area contributed by atoms with E-state index in [4.69, 9.17) is 9.73 Å². The minimum atomic E-state index is -1.37. The monoisotopic (exact) mass is 599 g/mol. The van der Waals surface area contributed by atoms with Gasteiger partial charge in [-0.3, -0.25) is 14.9 Å². The molecule has 1 heterocycles. The van der Waals surface area contributed by atoms with Crippen LogP contribution in [0.4, 0.5) is 5.69 Å². The summed E-state index contributed by atoms with van der Waals surface area (Å²) < 4.78 is 5.34. The number of methoxy groups -OCH3 is 1. The van der Waals surface area contributed by atoms with Gasteiger partial charge in [-0.25, -0.2) is 0 Å². The molecule has 0 aromatic heterocycles. The zero-order valence-corrected chi connectivity index (χ0v) is 24.0. The second-order valence-corrected chi connectivity index (χ2v) is 9.86. The average Bonchev–Trinajstić information content (AvgIpc) is 2.98. The third-order valence-corrected chi connectivity index (χ3v) is 7.11. The van der Waals surface area contributed by atoms with Crippen molar-refractivity contribution < 1.29 is 41.3 Å². The molecule has 3 aromatic rings. The number of aliphatic carboxylic acids is 1. The largest absolute Gasteiger partial charge is 2.00 e. The number of likely N-dealkylation sites (tertiary alicyclic amines) is 1. The van der Waals surface area contributed by atoms with Gasteiger partial charge in [0.15, 0.2) is 0 Å². The second kappa shape index (κ2) is 16.1. The molecule has 0 aliphatic carbocycles. The van der Waals surface area contributed by atoms with E-state index in [1.807, 2.05) is 36.4 Å². The summed E-state index contributed by atoms with van der Waals surface area (Å²) in [7, 11) is 1.54. The van der Waals surface area contributed by atoms with Crippen molar-refractivity contribution in [2.75, 3.05) is 33.4 Å². The number of para-hydroxylation sites is 1. The molecule has 0 saturated carbocycles. The summed E-state index contributed by atoms with van der Waals surface area (Å²) in [5.74, 6) is -1.74. The molecule has 0 bridgehead atoms. The summed E-state index contributed by atoms with van der Waals surface area (Å²) in [5.41, 5.74) is 2.68. The van der Waals surface area contributed by atoms with Crippen LogP contribution in [0.25, 0.3) is 0 Å². The van der Waals surface area contributed by atoms with E-state index in [0.29, 0.717) is 33.8 Å². The maximum atomic E-state index is 13.0. The molecule has 1 aliphatic rings. The number of aliphatic hydroxyl groups is 1. The van der Waals surface area contributed by atoms with Crippen LogP contribution in [-0.4, -0.2) is 67.0 Å². The number of carbonyl (C=O) groups excluding carboxylic acids is 1. The molecule has 9 heteroatoms. The zero-order chi connectivity index (χ0) is 28.3. The fraction of sp³-hybridized carbons (Fsp3) is 0.344. The molecule has 1 aliphatic heterocycles. The molecule has 0 radical (unpaired) electrons. The number of aliphatic imine (C=N–C) groups is 2. The molecule has 1 fully saturated rings. The predicted octanol–water partition coefficient (Wildman–Crippen LogP) is 2.69. The first kappa shape index (κ1) is 32.0. The molecule has 3 aromatic carbocycles. The minimum absolute atomic E-state index is 0. The first-order chi connectivity index (χ1) is 19.5. The maximum Gasteiger partial charge on any atom is 2.00 e. The summed E-state index contributed by atoms with van der Waals surface area (Å²) in [6.07, 6.45) is 3.47. The molecule has 4 rings (SSSR count). The first-order valence-electron chi connectivity index (χ1n) is 13.7. The van der Waals surface area contributed by atoms with E-state index in [2.05, 4.69) is 9.89 Å². The Morgan fingerprint density at radius 2 is 1.68 bits per heavy atom. The Kier molecular flexibility index (Phi) is 12.5. The van der Waals surface area contributed by atoms with Gasteiger partial charge in [0.1, 0.15) is 5.75 Å². The van der Waals surface area contributed by atoms with Crippen molar-refractivity contribution in [1.29, 1.82) is 0 Å². The molecule has 1 saturated heterocycles. The number of carbonyl (C=O) groups is 1. The Morgan fingerprint density at radius 1 is 0.976 bits per heavy atom. The molecule has 0 amide bonds. The van der Waals surface area contributed by atoms with Gasteiger partial charge in [-0.1, -0.05) is 67.1 Å². The van der Waals surface area contributed by atoms with Gasteiger partial charge < -0.3 is 24.9 Å². The molecule has 0 spiro atoms. The summed E-state index contributed by atoms with van der Waals surface area (Å²) in [4.78, 5) is 23.9. The van der Waals surface area contributed by atoms with E-state index in [0.717, 1.165) is 25.9 Å². The number of ether oxygens (including phenoxy) is 1. The van der Waals surface area contributed by atoms with Crippen molar-refractivity contribution in [3.8, 4) is 5.75 Å². The number of nitrogens with zero attached hydrogens (tertiary/aromatic N) is 3. The van der Waals surface area contributed by atoms with Crippen molar-refractivity contribution in [2.45, 2.75) is 37.6 Å². The standard InChI is InChI=1S/C32H37N3O5.Ni/c1-40-25-14-10-13-24(21-25)26(17-20-36)31(32(38)39)34-30(23-11-4-2-5-12-23)27-15-6-7-16-28(27)33-29(37)22-35-18-8-3-9-19-35;/h2,4-7,10-16,21,26,31,36H,3,8-9,17-20,22H2,1H3,(H,33,37)(H,38,39);/q;+2/p-2/t26-,31+;/m0./s1. The Balaban J connectivity index is 0.00000462. The van der Waals surface area contributed by atoms with E-state index in [9.17, 15) is 20.1 Å². The average molecular weight is 600 g/mol. The van der Waals surface area contributed by atoms with Crippen LogP contribution in [0.5, 0.6) is 5.75 Å². The number of benzene rings is 3. The van der Waals surface area contributed by atoms with Crippen LogP contribution in [0.2, 0.25) is 0 Å². The molecule has 2 atom stereocenters. The normalized spacial score (nSPS) is 16.0. The fourth-order valence-electron chi connectivity index (χ4n) is 5.11. The SMILES string of the molecule is COc1cccc([C@H](CCO)[C@@H](N=C(c2ccccc2)c2ccccc2N=C([O-])CN2CCCCC2)C(=O)[O-])c1.[Ni+2]. The van der Waals surface area contributed by atoms with Crippen LogP contribution in [0.15, 0.2) is 88.8 Å². The number of rotatable bonds is 12. The number of hydrogen-bond acceptors (Lipinski definition) is 8. The van der Waals surface area contributed by atoms with Crippen molar-refractivity contribution >= 4 is 23.3 Å². The molecule has 1 N–H and O–H groups in total. The molecular weight excluding hydrogens is 565 g/mol. The fourth-order valence-corrected chi connectivity index (χ4v) is 5.11. The van der Waals surface area contributed by atoms with Crippen molar-refractivity contribution in [1.82, 2.24) is 4.90 Å². The first-order valence-corrected chi connectivity index (χ1v) is 13.7. The van der Waals surface area contributed by atoms with Crippen molar-refractivity contribution in [3.63, 3.8) is 0 Å². The smallest absolute Gasteiger partial charge is 0.861 e. The van der Waals surface area contributed by atoms with Crippen LogP contribution in [0, 0.1) is 0 Å². The Bertz CT molecular complexity index is 1330. The van der Waals surface area contributed by atoms with E-state index < -0.39 is 17.9 Å². The Morgan fingerprint density at radius 3 is 2.37 bits per heavy atom. The number of aliphatic hydroxyl groups excluding tert-OH is 1. The van der Waals surface area contributed by atoms with Crippen LogP contribution < -0.4 is 14.9 Å². The van der Waals surface area contributed by atoms with Crippen LogP contribution >= 0.6 is 0 Å². The van der Waals surface area contributed by atoms with Crippen molar-refractivity contribution in [2.24, 2.45) is 9.98 Å². The van der Waals surface area contributed by atoms with Gasteiger partial charge in [-0.05, 0) is 62.0 Å². The number of piperidine rings is 1. The van der Waals surface area contributed by atoms with Gasteiger partial charge in [-0.2, -0.15) is 0 Å². The summed E-state index contributed by atoms with van der Waals surface area (Å²) in [5, 5.41) is 35.4. The quantitative estimate of drug-likeness (QED) is 0.194. The van der Waals surface area contributed by atoms with E-state index >= 15 is 0 Å². The Hall–Kier alpha value is -3.52. The molecule has 41 heavy (non-hydrogen) atoms. The topological polar surface area (TPSA) is 121 Å². The van der Waals surface area contributed by atoms with E-state index in [1.54, 1.807) is 42.5 Å². The summed E-state index contributed by atoms with van der Waals surface area (Å²) in [6.45, 7) is 1.76. The minimum Gasteiger partial charge on any atom is -0.861 e. The van der Waals surface area contributed by atoms with Gasteiger partial charge in [0.25, 0.3) is 0 Å². The van der Waals surface area contributed by atoms with E-state index in [1.165, 1.54) is 13.5 Å². The van der Waals surface area contributed by atoms with Crippen LogP contribution in [0.1, 0.15) is 48.3 Å². The molecule has 218 valence electrons. The van der Waals surface area contributed by atoms with Gasteiger partial charge in [0.05, 0.1) is 30.5 Å². The second-order valence-electron chi connectivity index (χ2n) is 9.86.